The standard InChI is InChI=1S/C9H10N6/c10-8-13-9(11)15(14-8)7-5-3-1-2-4-6-12-7/h1-6H,(H4,10,11,13,14). The lowest BCUT2D eigenvalue weighted by Crippen LogP contribution is -2.03. The first kappa shape index (κ1) is 9.20. The fourth-order valence-electron chi connectivity index (χ4n) is 1.12. The van der Waals surface area contributed by atoms with Gasteiger partial charge in [0.25, 0.3) is 0 Å². The molecule has 76 valence electrons. The van der Waals surface area contributed by atoms with Crippen molar-refractivity contribution in [1.29, 1.82) is 0 Å². The Balaban J connectivity index is 2.42. The van der Waals surface area contributed by atoms with Crippen LogP contribution in [0.25, 0.3) is 5.82 Å². The van der Waals surface area contributed by atoms with Crippen molar-refractivity contribution in [2.45, 2.75) is 0 Å². The zero-order valence-corrected chi connectivity index (χ0v) is 7.91. The highest BCUT2D eigenvalue weighted by molar-refractivity contribution is 5.77. The van der Waals surface area contributed by atoms with Crippen molar-refractivity contribution in [2.75, 3.05) is 11.5 Å². The van der Waals surface area contributed by atoms with E-state index in [2.05, 4.69) is 15.1 Å². The lowest BCUT2D eigenvalue weighted by atomic mass is 10.4. The summed E-state index contributed by atoms with van der Waals surface area (Å²) in [7, 11) is 0. The number of nitrogens with two attached hydrogens (primary N) is 2. The molecular formula is C9H10N6. The Hall–Kier alpha value is -2.37. The molecule has 1 aromatic rings. The molecule has 0 saturated carbocycles. The monoisotopic (exact) mass is 202 g/mol. The molecule has 1 aromatic heterocycles. The topological polar surface area (TPSA) is 95.1 Å². The molecule has 2 rings (SSSR count). The second-order valence-corrected chi connectivity index (χ2v) is 2.81. The molecule has 15 heavy (non-hydrogen) atoms. The Labute approximate surface area is 86.3 Å². The zero-order valence-electron chi connectivity index (χ0n) is 7.91. The van der Waals surface area contributed by atoms with Crippen molar-refractivity contribution in [3.63, 3.8) is 0 Å². The van der Waals surface area contributed by atoms with Gasteiger partial charge in [-0.05, 0) is 12.2 Å². The molecule has 0 atom stereocenters. The molecule has 4 N–H and O–H groups in total. The summed E-state index contributed by atoms with van der Waals surface area (Å²) in [5.41, 5.74) is 11.0. The SMILES string of the molecule is Nc1nc(N)n(C2=CC=CC=CC=N2)n1. The number of nitrogen functional groups attached to an aromatic ring is 2. The maximum atomic E-state index is 5.61. The van der Waals surface area contributed by atoms with Crippen molar-refractivity contribution in [2.24, 2.45) is 4.99 Å². The van der Waals surface area contributed by atoms with Crippen LogP contribution in [-0.2, 0) is 0 Å². The van der Waals surface area contributed by atoms with Gasteiger partial charge in [0.2, 0.25) is 11.9 Å². The first-order valence-corrected chi connectivity index (χ1v) is 4.33. The fraction of sp³-hybridized carbons (Fsp3) is 0. The third-order valence-electron chi connectivity index (χ3n) is 1.74. The third-order valence-corrected chi connectivity index (χ3v) is 1.74. The van der Waals surface area contributed by atoms with E-state index < -0.39 is 0 Å². The number of rotatable bonds is 1. The van der Waals surface area contributed by atoms with E-state index in [0.29, 0.717) is 5.82 Å². The van der Waals surface area contributed by atoms with Crippen LogP contribution in [0.5, 0.6) is 0 Å². The zero-order chi connectivity index (χ0) is 10.7. The summed E-state index contributed by atoms with van der Waals surface area (Å²) in [6.07, 6.45) is 10.8. The Morgan fingerprint density at radius 1 is 1.07 bits per heavy atom. The van der Waals surface area contributed by atoms with Gasteiger partial charge < -0.3 is 11.5 Å². The van der Waals surface area contributed by atoms with E-state index in [9.17, 15) is 0 Å². The number of hydrogen-bond acceptors (Lipinski definition) is 5. The second kappa shape index (κ2) is 3.79. The number of allylic oxidation sites excluding steroid dienone is 5. The highest BCUT2D eigenvalue weighted by Gasteiger charge is 2.06. The summed E-state index contributed by atoms with van der Waals surface area (Å²) < 4.78 is 1.38. The summed E-state index contributed by atoms with van der Waals surface area (Å²) in [4.78, 5) is 7.94. The molecule has 0 radical (unpaired) electrons. The number of nitrogens with zero attached hydrogens (tertiary/aromatic N) is 4. The quantitative estimate of drug-likeness (QED) is 0.690. The average molecular weight is 202 g/mol. The summed E-state index contributed by atoms with van der Waals surface area (Å²) in [5, 5.41) is 3.92. The molecule has 1 aliphatic rings. The molecule has 0 unspecified atom stereocenters. The highest BCUT2D eigenvalue weighted by Crippen LogP contribution is 2.12. The van der Waals surface area contributed by atoms with Crippen LogP contribution in [0.4, 0.5) is 11.9 Å². The number of hydrogen-bond donors (Lipinski definition) is 2. The van der Waals surface area contributed by atoms with E-state index in [-0.39, 0.29) is 11.9 Å². The molecule has 2 heterocycles. The predicted octanol–water partition coefficient (Wildman–Crippen LogP) is 0.438. The van der Waals surface area contributed by atoms with E-state index >= 15 is 0 Å². The van der Waals surface area contributed by atoms with E-state index in [4.69, 9.17) is 11.5 Å². The minimum atomic E-state index is 0.130. The molecule has 0 spiro atoms. The first-order valence-electron chi connectivity index (χ1n) is 4.33. The van der Waals surface area contributed by atoms with Crippen LogP contribution in [0.15, 0.2) is 35.4 Å². The largest absolute Gasteiger partial charge is 0.368 e. The molecule has 0 aromatic carbocycles. The van der Waals surface area contributed by atoms with Crippen molar-refractivity contribution in [3.05, 3.63) is 30.4 Å². The van der Waals surface area contributed by atoms with E-state index in [1.54, 1.807) is 18.4 Å². The summed E-state index contributed by atoms with van der Waals surface area (Å²) in [6.45, 7) is 0. The molecular weight excluding hydrogens is 192 g/mol. The number of aromatic nitrogens is 3. The molecule has 6 heteroatoms. The van der Waals surface area contributed by atoms with Crippen LogP contribution in [0.1, 0.15) is 0 Å². The van der Waals surface area contributed by atoms with E-state index in [1.165, 1.54) is 4.68 Å². The summed E-state index contributed by atoms with van der Waals surface area (Å²) in [5.74, 6) is 0.913. The first-order chi connectivity index (χ1) is 7.27. The van der Waals surface area contributed by atoms with Crippen LogP contribution in [-0.4, -0.2) is 21.0 Å². The van der Waals surface area contributed by atoms with Gasteiger partial charge in [-0.25, -0.2) is 4.99 Å². The van der Waals surface area contributed by atoms with Gasteiger partial charge in [0, 0.05) is 6.21 Å². The Bertz CT molecular complexity index is 477. The number of anilines is 2. The maximum absolute atomic E-state index is 5.61. The second-order valence-electron chi connectivity index (χ2n) is 2.81. The van der Waals surface area contributed by atoms with Crippen molar-refractivity contribution in [1.82, 2.24) is 14.8 Å². The fourth-order valence-corrected chi connectivity index (χ4v) is 1.12. The van der Waals surface area contributed by atoms with Crippen LogP contribution in [0, 0.1) is 0 Å². The van der Waals surface area contributed by atoms with Gasteiger partial charge in [-0.1, -0.05) is 18.2 Å². The molecule has 0 fully saturated rings. The van der Waals surface area contributed by atoms with E-state index in [0.717, 1.165) is 0 Å². The molecule has 0 aliphatic carbocycles. The van der Waals surface area contributed by atoms with Gasteiger partial charge in [-0.2, -0.15) is 9.67 Å². The predicted molar refractivity (Wildman–Crippen MR) is 59.9 cm³/mol. The van der Waals surface area contributed by atoms with Crippen molar-refractivity contribution < 1.29 is 0 Å². The average Bonchev–Trinajstić information content (AvgIpc) is 2.45. The lowest BCUT2D eigenvalue weighted by molar-refractivity contribution is 0.903. The minimum absolute atomic E-state index is 0.130. The molecule has 0 bridgehead atoms. The molecule has 1 aliphatic heterocycles. The third kappa shape index (κ3) is 1.93. The van der Waals surface area contributed by atoms with Gasteiger partial charge in [-0.3, -0.25) is 0 Å². The van der Waals surface area contributed by atoms with Crippen LogP contribution in [0.3, 0.4) is 0 Å². The molecule has 0 saturated heterocycles. The highest BCUT2D eigenvalue weighted by atomic mass is 15.4. The minimum Gasteiger partial charge on any atom is -0.368 e. The Kier molecular flexibility index (Phi) is 2.32. The Morgan fingerprint density at radius 2 is 1.87 bits per heavy atom. The van der Waals surface area contributed by atoms with Gasteiger partial charge in [0.1, 0.15) is 0 Å². The van der Waals surface area contributed by atoms with Crippen LogP contribution in [0.2, 0.25) is 0 Å². The van der Waals surface area contributed by atoms with Gasteiger partial charge >= 0.3 is 0 Å². The van der Waals surface area contributed by atoms with Gasteiger partial charge in [0.05, 0.1) is 0 Å². The summed E-state index contributed by atoms with van der Waals surface area (Å²) >= 11 is 0. The Morgan fingerprint density at radius 3 is 2.60 bits per heavy atom. The normalized spacial score (nSPS) is 14.8. The number of aliphatic imine (C=N–C) groups is 1. The van der Waals surface area contributed by atoms with E-state index in [1.807, 2.05) is 18.2 Å². The van der Waals surface area contributed by atoms with Crippen molar-refractivity contribution >= 4 is 23.9 Å². The molecule has 6 nitrogen and oxygen atoms in total. The van der Waals surface area contributed by atoms with Gasteiger partial charge in [0.15, 0.2) is 5.82 Å². The van der Waals surface area contributed by atoms with Crippen LogP contribution >= 0.6 is 0 Å². The lowest BCUT2D eigenvalue weighted by Gasteiger charge is -2.01. The van der Waals surface area contributed by atoms with Crippen LogP contribution < -0.4 is 11.5 Å². The maximum Gasteiger partial charge on any atom is 0.241 e. The van der Waals surface area contributed by atoms with Gasteiger partial charge in [-0.15, -0.1) is 5.10 Å². The molecule has 0 amide bonds. The summed E-state index contributed by atoms with van der Waals surface area (Å²) in [6, 6.07) is 0. The van der Waals surface area contributed by atoms with Crippen molar-refractivity contribution in [3.8, 4) is 0 Å². The smallest absolute Gasteiger partial charge is 0.241 e.